The molecular weight excluding hydrogens is 493 g/mol. The average Bonchev–Trinajstić information content (AvgIpc) is 3.57. The molecule has 1 saturated heterocycles. The van der Waals surface area contributed by atoms with E-state index in [1.165, 1.54) is 24.1 Å². The lowest BCUT2D eigenvalue weighted by molar-refractivity contribution is -0.125. The molecule has 1 atom stereocenters. The van der Waals surface area contributed by atoms with Crippen LogP contribution in [-0.2, 0) is 16.9 Å². The second kappa shape index (κ2) is 8.41. The molecule has 2 N–H and O–H groups in total. The maximum absolute atomic E-state index is 14.9. The van der Waals surface area contributed by atoms with E-state index in [0.29, 0.717) is 33.5 Å². The molecule has 0 radical (unpaired) electrons. The largest absolute Gasteiger partial charge is 0.494 e. The number of benzene rings is 2. The van der Waals surface area contributed by atoms with E-state index in [-0.39, 0.29) is 30.2 Å². The Hall–Kier alpha value is -5.24. The third-order valence-electron chi connectivity index (χ3n) is 6.73. The molecule has 4 aromatic rings. The van der Waals surface area contributed by atoms with Crippen LogP contribution in [0.5, 0.6) is 5.75 Å². The first-order valence-electron chi connectivity index (χ1n) is 11.5. The summed E-state index contributed by atoms with van der Waals surface area (Å²) in [5.41, 5.74) is 1.05. The lowest BCUT2D eigenvalue weighted by Gasteiger charge is -2.28. The number of furan rings is 1. The zero-order valence-electron chi connectivity index (χ0n) is 19.9. The summed E-state index contributed by atoms with van der Waals surface area (Å²) in [5.74, 6) is -2.15. The summed E-state index contributed by atoms with van der Waals surface area (Å²) in [5, 5.41) is 14.0. The van der Waals surface area contributed by atoms with Crippen LogP contribution in [0.2, 0.25) is 0 Å². The van der Waals surface area contributed by atoms with E-state index < -0.39 is 29.2 Å². The summed E-state index contributed by atoms with van der Waals surface area (Å²) >= 11 is 0. The van der Waals surface area contributed by atoms with Crippen molar-refractivity contribution in [1.82, 2.24) is 20.5 Å². The van der Waals surface area contributed by atoms with Gasteiger partial charge in [-0.2, -0.15) is 5.26 Å². The number of aromatic nitrogens is 1. The van der Waals surface area contributed by atoms with Crippen molar-refractivity contribution in [1.29, 1.82) is 5.26 Å². The number of hydrogen-bond acceptors (Lipinski definition) is 7. The van der Waals surface area contributed by atoms with Crippen molar-refractivity contribution < 1.29 is 27.9 Å². The molecule has 4 amide bonds. The zero-order valence-corrected chi connectivity index (χ0v) is 19.9. The lowest BCUT2D eigenvalue weighted by atomic mass is 9.95. The van der Waals surface area contributed by atoms with Crippen molar-refractivity contribution in [3.8, 4) is 23.1 Å². The highest BCUT2D eigenvalue weighted by Crippen LogP contribution is 2.36. The fourth-order valence-electron chi connectivity index (χ4n) is 4.86. The number of methoxy groups -OCH3 is 1. The zero-order chi connectivity index (χ0) is 26.6. The number of pyridine rings is 1. The second-order valence-electron chi connectivity index (χ2n) is 8.97. The van der Waals surface area contributed by atoms with Crippen molar-refractivity contribution in [2.45, 2.75) is 12.1 Å². The minimum Gasteiger partial charge on any atom is -0.494 e. The summed E-state index contributed by atoms with van der Waals surface area (Å²) in [6.07, 6.45) is 0. The Morgan fingerprint density at radius 2 is 2.03 bits per heavy atom. The standard InChI is InChI=1S/C27H18FN5O5/c1-37-20-7-5-16-12-33(24(34)22(16)23(20)28)13-27(25(35)31-26(36)32-27)21-10-18-19(38-21)8-6-17(30-18)15-4-2-3-14(9-15)11-29/h2-10H,12-13H2,1H3,(H2,31,32,35,36). The van der Waals surface area contributed by atoms with Crippen LogP contribution in [0, 0.1) is 17.1 Å². The number of amides is 4. The number of hydrogen-bond donors (Lipinski definition) is 2. The first-order chi connectivity index (χ1) is 18.3. The highest BCUT2D eigenvalue weighted by Gasteiger charge is 2.53. The molecule has 0 spiro atoms. The Bertz CT molecular complexity index is 1720. The number of urea groups is 1. The summed E-state index contributed by atoms with van der Waals surface area (Å²) in [7, 11) is 1.30. The highest BCUT2D eigenvalue weighted by molar-refractivity contribution is 6.08. The second-order valence-corrected chi connectivity index (χ2v) is 8.97. The van der Waals surface area contributed by atoms with Gasteiger partial charge in [0.1, 0.15) is 11.3 Å². The molecule has 0 bridgehead atoms. The van der Waals surface area contributed by atoms with Gasteiger partial charge in [0.2, 0.25) is 0 Å². The number of fused-ring (bicyclic) bond motifs is 2. The van der Waals surface area contributed by atoms with Crippen molar-refractivity contribution in [2.24, 2.45) is 0 Å². The third kappa shape index (κ3) is 3.46. The van der Waals surface area contributed by atoms with Crippen molar-refractivity contribution in [2.75, 3.05) is 13.7 Å². The fraction of sp³-hybridized carbons (Fsp3) is 0.148. The molecular formula is C27H18FN5O5. The van der Waals surface area contributed by atoms with E-state index in [4.69, 9.17) is 9.15 Å². The maximum Gasteiger partial charge on any atom is 0.322 e. The first-order valence-corrected chi connectivity index (χ1v) is 11.5. The van der Waals surface area contributed by atoms with Crippen molar-refractivity contribution in [3.05, 3.63) is 82.9 Å². The minimum absolute atomic E-state index is 0.0256. The van der Waals surface area contributed by atoms with E-state index in [1.54, 1.807) is 36.4 Å². The molecule has 10 nitrogen and oxygen atoms in total. The molecule has 2 aliphatic heterocycles. The Morgan fingerprint density at radius 1 is 1.18 bits per heavy atom. The van der Waals surface area contributed by atoms with Crippen LogP contribution >= 0.6 is 0 Å². The third-order valence-corrected chi connectivity index (χ3v) is 6.73. The molecule has 2 aliphatic rings. The van der Waals surface area contributed by atoms with Gasteiger partial charge in [-0.3, -0.25) is 14.9 Å². The number of imide groups is 1. The van der Waals surface area contributed by atoms with Crippen LogP contribution in [0.3, 0.4) is 0 Å². The molecule has 188 valence electrons. The molecule has 2 aromatic heterocycles. The average molecular weight is 511 g/mol. The number of rotatable bonds is 5. The van der Waals surface area contributed by atoms with Crippen molar-refractivity contribution >= 4 is 28.9 Å². The van der Waals surface area contributed by atoms with Gasteiger partial charge < -0.3 is 19.4 Å². The number of nitriles is 1. The fourth-order valence-corrected chi connectivity index (χ4v) is 4.86. The number of ether oxygens (including phenoxy) is 1. The van der Waals surface area contributed by atoms with Crippen LogP contribution in [0.4, 0.5) is 9.18 Å². The molecule has 0 aliphatic carbocycles. The first kappa shape index (κ1) is 23.2. The summed E-state index contributed by atoms with van der Waals surface area (Å²) in [6.45, 7) is -0.283. The number of carbonyl (C=O) groups excluding carboxylic acids is 3. The normalized spacial score (nSPS) is 18.3. The van der Waals surface area contributed by atoms with Gasteiger partial charge in [0, 0.05) is 18.2 Å². The van der Waals surface area contributed by atoms with Crippen LogP contribution < -0.4 is 15.4 Å². The summed E-state index contributed by atoms with van der Waals surface area (Å²) in [4.78, 5) is 44.5. The molecule has 4 heterocycles. The summed E-state index contributed by atoms with van der Waals surface area (Å²) < 4.78 is 25.8. The number of halogens is 1. The molecule has 11 heteroatoms. The molecule has 1 fully saturated rings. The monoisotopic (exact) mass is 511 g/mol. The van der Waals surface area contributed by atoms with Crippen LogP contribution in [-0.4, -0.2) is 41.4 Å². The minimum atomic E-state index is -1.77. The topological polar surface area (TPSA) is 138 Å². The summed E-state index contributed by atoms with van der Waals surface area (Å²) in [6, 6.07) is 16.2. The molecule has 1 unspecified atom stereocenters. The van der Waals surface area contributed by atoms with Gasteiger partial charge in [-0.05, 0) is 35.9 Å². The van der Waals surface area contributed by atoms with E-state index in [0.717, 1.165) is 0 Å². The van der Waals surface area contributed by atoms with Gasteiger partial charge in [0.25, 0.3) is 11.8 Å². The predicted molar refractivity (Wildman–Crippen MR) is 130 cm³/mol. The molecule has 6 rings (SSSR count). The lowest BCUT2D eigenvalue weighted by Crippen LogP contribution is -2.52. The SMILES string of the molecule is COc1ccc2c(c1F)C(=O)N(CC1(c3cc4nc(-c5cccc(C#N)c5)ccc4o3)NC(=O)NC1=O)C2. The van der Waals surface area contributed by atoms with E-state index in [1.807, 2.05) is 6.07 Å². The van der Waals surface area contributed by atoms with Gasteiger partial charge in [-0.1, -0.05) is 18.2 Å². The van der Waals surface area contributed by atoms with Gasteiger partial charge >= 0.3 is 6.03 Å². The number of nitrogens with zero attached hydrogens (tertiary/aromatic N) is 3. The van der Waals surface area contributed by atoms with E-state index >= 15 is 0 Å². The molecule has 38 heavy (non-hydrogen) atoms. The number of carbonyl (C=O) groups is 3. The maximum atomic E-state index is 14.9. The quantitative estimate of drug-likeness (QED) is 0.393. The molecule has 2 aromatic carbocycles. The van der Waals surface area contributed by atoms with Gasteiger partial charge in [0.15, 0.2) is 22.7 Å². The Morgan fingerprint density at radius 3 is 2.76 bits per heavy atom. The van der Waals surface area contributed by atoms with Crippen molar-refractivity contribution in [3.63, 3.8) is 0 Å². The highest BCUT2D eigenvalue weighted by atomic mass is 19.1. The smallest absolute Gasteiger partial charge is 0.322 e. The van der Waals surface area contributed by atoms with Gasteiger partial charge in [0.05, 0.1) is 36.5 Å². The Balaban J connectivity index is 1.39. The number of nitrogens with one attached hydrogen (secondary N) is 2. The van der Waals surface area contributed by atoms with E-state index in [2.05, 4.69) is 21.7 Å². The Kier molecular flexibility index (Phi) is 5.13. The van der Waals surface area contributed by atoms with Crippen LogP contribution in [0.15, 0.2) is 59.0 Å². The predicted octanol–water partition coefficient (Wildman–Crippen LogP) is 3.20. The van der Waals surface area contributed by atoms with Crippen LogP contribution in [0.1, 0.15) is 27.2 Å². The van der Waals surface area contributed by atoms with E-state index in [9.17, 15) is 24.0 Å². The Labute approximate surface area is 214 Å². The molecule has 0 saturated carbocycles. The van der Waals surface area contributed by atoms with Gasteiger partial charge in [-0.25, -0.2) is 14.2 Å². The van der Waals surface area contributed by atoms with Gasteiger partial charge in [-0.15, -0.1) is 0 Å². The van der Waals surface area contributed by atoms with Crippen LogP contribution in [0.25, 0.3) is 22.4 Å².